The molecule has 188 valence electrons. The first-order chi connectivity index (χ1) is 17.3. The lowest BCUT2D eigenvalue weighted by molar-refractivity contribution is -0.139. The second-order valence-electron chi connectivity index (χ2n) is 8.35. The molecule has 0 unspecified atom stereocenters. The van der Waals surface area contributed by atoms with Crippen LogP contribution in [0.1, 0.15) is 28.1 Å². The highest BCUT2D eigenvalue weighted by molar-refractivity contribution is 9.10. The number of piperidine rings is 1. The number of carbonyl (C=O) groups is 3. The number of thiophene rings is 1. The number of anilines is 1. The summed E-state index contributed by atoms with van der Waals surface area (Å²) in [7, 11) is 0. The second-order valence-corrected chi connectivity index (χ2v) is 10.2. The van der Waals surface area contributed by atoms with Crippen molar-refractivity contribution in [2.24, 2.45) is 0 Å². The predicted octanol–water partition coefficient (Wildman–Crippen LogP) is 4.67. The Morgan fingerprint density at radius 3 is 2.44 bits per heavy atom. The van der Waals surface area contributed by atoms with Crippen LogP contribution in [0.15, 0.2) is 59.1 Å². The van der Waals surface area contributed by atoms with E-state index in [-0.39, 0.29) is 29.0 Å². The van der Waals surface area contributed by atoms with Crippen LogP contribution < -0.4 is 15.0 Å². The highest BCUT2D eigenvalue weighted by Crippen LogP contribution is 2.46. The van der Waals surface area contributed by atoms with Crippen LogP contribution in [0.2, 0.25) is 0 Å². The number of aromatic carboxylic acids is 1. The number of carbonyl (C=O) groups excluding carboxylic acids is 1. The number of hydrogen-bond donors (Lipinski definition) is 3. The molecule has 1 amide bonds. The van der Waals surface area contributed by atoms with Crippen molar-refractivity contribution < 1.29 is 29.3 Å². The Hall–Kier alpha value is -3.21. The molecule has 0 atom stereocenters. The molecule has 10 heteroatoms. The summed E-state index contributed by atoms with van der Waals surface area (Å²) in [5.41, 5.74) is 2.36. The molecule has 1 aromatic heterocycles. The smallest absolute Gasteiger partial charge is 0.349 e. The molecule has 0 saturated carbocycles. The van der Waals surface area contributed by atoms with Gasteiger partial charge in [-0.25, -0.2) is 9.59 Å². The van der Waals surface area contributed by atoms with Crippen LogP contribution in [0.3, 0.4) is 0 Å². The number of amides is 1. The number of halogens is 1. The van der Waals surface area contributed by atoms with Crippen molar-refractivity contribution in [3.8, 4) is 16.2 Å². The Morgan fingerprint density at radius 1 is 1.06 bits per heavy atom. The first-order valence-corrected chi connectivity index (χ1v) is 13.0. The highest BCUT2D eigenvalue weighted by Gasteiger charge is 2.28. The number of carboxylic acid groups (broad SMARTS) is 2. The lowest BCUT2D eigenvalue weighted by Gasteiger charge is -2.35. The van der Waals surface area contributed by atoms with E-state index in [1.54, 1.807) is 0 Å². The van der Waals surface area contributed by atoms with Crippen LogP contribution in [-0.4, -0.2) is 53.8 Å². The molecular weight excluding hydrogens is 548 g/mol. The van der Waals surface area contributed by atoms with Gasteiger partial charge in [-0.05, 0) is 65.1 Å². The van der Waals surface area contributed by atoms with E-state index in [0.717, 1.165) is 48.5 Å². The average Bonchev–Trinajstić information content (AvgIpc) is 3.21. The van der Waals surface area contributed by atoms with Crippen molar-refractivity contribution in [3.05, 3.63) is 69.5 Å². The van der Waals surface area contributed by atoms with Gasteiger partial charge in [0, 0.05) is 11.7 Å². The van der Waals surface area contributed by atoms with Gasteiger partial charge in [0.25, 0.3) is 0 Å². The fraction of sp³-hybridized carbons (Fsp3) is 0.269. The minimum atomic E-state index is -1.21. The summed E-state index contributed by atoms with van der Waals surface area (Å²) < 4.78 is 5.65. The molecule has 0 spiro atoms. The first kappa shape index (κ1) is 25.9. The Labute approximate surface area is 220 Å². The summed E-state index contributed by atoms with van der Waals surface area (Å²) in [5.74, 6) is -2.45. The summed E-state index contributed by atoms with van der Waals surface area (Å²) in [5, 5.41) is 22.0. The standard InChI is InChI=1S/C26H25BrN2O6S/c27-22-23(35-15-21(31)32)25(26(33)34)36-24(22)17-7-4-8-19(14-17)29(18-9-11-28-12-10-18)20(30)13-16-5-2-1-3-6-16/h1-8,14,18,28H,9-13,15H2,(H,31,32)(H,33,34). The molecule has 1 fully saturated rings. The lowest BCUT2D eigenvalue weighted by atomic mass is 10.0. The number of carboxylic acids is 2. The number of ether oxygens (including phenoxy) is 1. The van der Waals surface area contributed by atoms with Crippen LogP contribution in [0.4, 0.5) is 5.69 Å². The molecule has 1 aliphatic rings. The molecule has 36 heavy (non-hydrogen) atoms. The first-order valence-electron chi connectivity index (χ1n) is 11.4. The van der Waals surface area contributed by atoms with Crippen molar-refractivity contribution in [1.29, 1.82) is 0 Å². The fourth-order valence-electron chi connectivity index (χ4n) is 4.26. The lowest BCUT2D eigenvalue weighted by Crippen LogP contribution is -2.47. The quantitative estimate of drug-likeness (QED) is 0.341. The molecule has 1 saturated heterocycles. The van der Waals surface area contributed by atoms with Crippen LogP contribution in [0.5, 0.6) is 5.75 Å². The predicted molar refractivity (Wildman–Crippen MR) is 141 cm³/mol. The van der Waals surface area contributed by atoms with E-state index < -0.39 is 18.5 Å². The number of benzene rings is 2. The molecule has 4 rings (SSSR count). The largest absolute Gasteiger partial charge is 0.479 e. The molecule has 3 aromatic rings. The molecule has 0 aliphatic carbocycles. The maximum Gasteiger partial charge on any atom is 0.349 e. The van der Waals surface area contributed by atoms with E-state index in [9.17, 15) is 19.5 Å². The third-order valence-electron chi connectivity index (χ3n) is 5.87. The van der Waals surface area contributed by atoms with E-state index in [0.29, 0.717) is 14.9 Å². The average molecular weight is 573 g/mol. The third-order valence-corrected chi connectivity index (χ3v) is 8.10. The number of nitrogens with zero attached hydrogens (tertiary/aromatic N) is 1. The zero-order valence-electron chi connectivity index (χ0n) is 19.3. The number of hydrogen-bond acceptors (Lipinski definition) is 6. The Bertz CT molecular complexity index is 1260. The van der Waals surface area contributed by atoms with Crippen LogP contribution in [0, 0.1) is 0 Å². The van der Waals surface area contributed by atoms with Gasteiger partial charge in [-0.2, -0.15) is 0 Å². The molecular formula is C26H25BrN2O6S. The van der Waals surface area contributed by atoms with Gasteiger partial charge in [0.15, 0.2) is 17.2 Å². The third kappa shape index (κ3) is 5.95. The molecule has 2 heterocycles. The summed E-state index contributed by atoms with van der Waals surface area (Å²) in [6.07, 6.45) is 1.92. The Morgan fingerprint density at radius 2 is 1.78 bits per heavy atom. The van der Waals surface area contributed by atoms with E-state index in [2.05, 4.69) is 21.2 Å². The Kier molecular flexibility index (Phi) is 8.40. The molecule has 8 nitrogen and oxygen atoms in total. The summed E-state index contributed by atoms with van der Waals surface area (Å²) >= 11 is 4.40. The van der Waals surface area contributed by atoms with Gasteiger partial charge >= 0.3 is 11.9 Å². The molecule has 2 aromatic carbocycles. The molecule has 0 bridgehead atoms. The molecule has 0 radical (unpaired) electrons. The van der Waals surface area contributed by atoms with Gasteiger partial charge in [0.05, 0.1) is 15.8 Å². The number of rotatable bonds is 9. The number of nitrogens with one attached hydrogen (secondary N) is 1. The molecule has 3 N–H and O–H groups in total. The van der Waals surface area contributed by atoms with Gasteiger partial charge in [0.2, 0.25) is 5.91 Å². The van der Waals surface area contributed by atoms with Gasteiger partial charge in [-0.3, -0.25) is 4.79 Å². The highest BCUT2D eigenvalue weighted by atomic mass is 79.9. The summed E-state index contributed by atoms with van der Waals surface area (Å²) in [6.45, 7) is 0.983. The Balaban J connectivity index is 1.71. The minimum absolute atomic E-state index is 0.00722. The maximum absolute atomic E-state index is 13.6. The van der Waals surface area contributed by atoms with Crippen LogP contribution in [-0.2, 0) is 16.0 Å². The monoisotopic (exact) mass is 572 g/mol. The number of aliphatic carboxylic acids is 1. The normalized spacial score (nSPS) is 13.8. The zero-order chi connectivity index (χ0) is 25.7. The van der Waals surface area contributed by atoms with Crippen LogP contribution in [0.25, 0.3) is 10.4 Å². The van der Waals surface area contributed by atoms with Gasteiger partial charge in [-0.15, -0.1) is 11.3 Å². The van der Waals surface area contributed by atoms with Crippen molar-refractivity contribution in [1.82, 2.24) is 5.32 Å². The fourth-order valence-corrected chi connectivity index (χ4v) is 6.15. The summed E-state index contributed by atoms with van der Waals surface area (Å²) in [6, 6.07) is 17.1. The van der Waals surface area contributed by atoms with Crippen molar-refractivity contribution in [2.45, 2.75) is 25.3 Å². The molecule has 1 aliphatic heterocycles. The van der Waals surface area contributed by atoms with Crippen molar-refractivity contribution >= 4 is 50.8 Å². The van der Waals surface area contributed by atoms with E-state index in [1.807, 2.05) is 59.5 Å². The van der Waals surface area contributed by atoms with Gasteiger partial charge < -0.3 is 25.2 Å². The van der Waals surface area contributed by atoms with E-state index in [1.165, 1.54) is 0 Å². The van der Waals surface area contributed by atoms with Gasteiger partial charge in [-0.1, -0.05) is 42.5 Å². The van der Waals surface area contributed by atoms with Gasteiger partial charge in [0.1, 0.15) is 0 Å². The van der Waals surface area contributed by atoms with E-state index >= 15 is 0 Å². The zero-order valence-corrected chi connectivity index (χ0v) is 21.7. The van der Waals surface area contributed by atoms with Crippen molar-refractivity contribution in [3.63, 3.8) is 0 Å². The topological polar surface area (TPSA) is 116 Å². The summed E-state index contributed by atoms with van der Waals surface area (Å²) in [4.78, 5) is 38.7. The minimum Gasteiger partial charge on any atom is -0.479 e. The SMILES string of the molecule is O=C(O)COc1c(C(=O)O)sc(-c2cccc(N(C(=O)Cc3ccccc3)C3CCNCC3)c2)c1Br. The maximum atomic E-state index is 13.6. The van der Waals surface area contributed by atoms with Crippen LogP contribution >= 0.6 is 27.3 Å². The van der Waals surface area contributed by atoms with E-state index in [4.69, 9.17) is 9.84 Å². The second kappa shape index (κ2) is 11.7. The van der Waals surface area contributed by atoms with Crippen molar-refractivity contribution in [2.75, 3.05) is 24.6 Å².